The van der Waals surface area contributed by atoms with E-state index in [1.54, 1.807) is 0 Å². The number of anilines is 1. The Morgan fingerprint density at radius 3 is 2.58 bits per heavy atom. The molecule has 3 rings (SSSR count). The topological polar surface area (TPSA) is 21.3 Å². The Morgan fingerprint density at radius 1 is 1.12 bits per heavy atom. The van der Waals surface area contributed by atoms with E-state index >= 15 is 0 Å². The zero-order valence-corrected chi connectivity index (χ0v) is 16.5. The minimum atomic E-state index is -0.0594. The molecule has 0 aliphatic carbocycles. The van der Waals surface area contributed by atoms with E-state index in [2.05, 4.69) is 91.4 Å². The summed E-state index contributed by atoms with van der Waals surface area (Å²) in [5.74, 6) is 0. The summed E-state index contributed by atoms with van der Waals surface area (Å²) in [4.78, 5) is 0. The maximum Gasteiger partial charge on any atom is 0.0918 e. The average molecular weight is 388 g/mol. The second-order valence-corrected chi connectivity index (χ2v) is 7.98. The first kappa shape index (κ1) is 17.5. The molecule has 0 bridgehead atoms. The molecule has 2 aromatic carbocycles. The van der Waals surface area contributed by atoms with Crippen molar-refractivity contribution in [2.75, 3.05) is 11.9 Å². The highest BCUT2D eigenvalue weighted by Gasteiger charge is 2.44. The summed E-state index contributed by atoms with van der Waals surface area (Å²) in [6, 6.07) is 15.5. The van der Waals surface area contributed by atoms with Crippen molar-refractivity contribution < 1.29 is 4.74 Å². The molecule has 0 amide bonds. The molecule has 0 fully saturated rings. The molecule has 0 radical (unpaired) electrons. The number of fused-ring (bicyclic) bond motifs is 1. The summed E-state index contributed by atoms with van der Waals surface area (Å²) in [5.41, 5.74) is 5.06. The Morgan fingerprint density at radius 2 is 1.92 bits per heavy atom. The van der Waals surface area contributed by atoms with Crippen LogP contribution in [0.25, 0.3) is 0 Å². The van der Waals surface area contributed by atoms with Gasteiger partial charge in [-0.15, -0.1) is 0 Å². The van der Waals surface area contributed by atoms with Gasteiger partial charge in [0.05, 0.1) is 12.1 Å². The molecule has 1 aliphatic rings. The number of hydrogen-bond donors (Lipinski definition) is 1. The van der Waals surface area contributed by atoms with Crippen LogP contribution in [0.1, 0.15) is 56.5 Å². The third-order valence-electron chi connectivity index (χ3n) is 5.04. The molecular formula is C21H26BrNO. The molecule has 2 aromatic rings. The SMILES string of the molecule is CCO[C@@H]1c2cc(CC)ccc2N[C@@H](c2cccc(Br)c2)C1(C)C. The summed E-state index contributed by atoms with van der Waals surface area (Å²) in [7, 11) is 0. The Kier molecular flexibility index (Phi) is 5.03. The molecule has 24 heavy (non-hydrogen) atoms. The number of halogens is 1. The Hall–Kier alpha value is -1.32. The van der Waals surface area contributed by atoms with E-state index in [1.807, 2.05) is 0 Å². The van der Waals surface area contributed by atoms with Crippen LogP contribution in [0.15, 0.2) is 46.9 Å². The van der Waals surface area contributed by atoms with Crippen molar-refractivity contribution in [3.63, 3.8) is 0 Å². The van der Waals surface area contributed by atoms with E-state index in [4.69, 9.17) is 4.74 Å². The van der Waals surface area contributed by atoms with E-state index in [1.165, 1.54) is 22.4 Å². The van der Waals surface area contributed by atoms with Crippen LogP contribution >= 0.6 is 15.9 Å². The van der Waals surface area contributed by atoms with Crippen molar-refractivity contribution in [2.45, 2.75) is 46.3 Å². The standard InChI is InChI=1S/C21H26BrNO/c1-5-14-10-11-18-17(12-14)20(24-6-2)21(3,4)19(23-18)15-8-7-9-16(22)13-15/h7-13,19-20,23H,5-6H2,1-4H3/t19-,20+/m0/s1. The quantitative estimate of drug-likeness (QED) is 0.665. The number of benzene rings is 2. The van der Waals surface area contributed by atoms with Crippen molar-refractivity contribution in [3.05, 3.63) is 63.6 Å². The van der Waals surface area contributed by atoms with Gasteiger partial charge in [-0.1, -0.05) is 61.0 Å². The zero-order valence-electron chi connectivity index (χ0n) is 14.9. The predicted molar refractivity (Wildman–Crippen MR) is 104 cm³/mol. The Bertz CT molecular complexity index is 726. The number of nitrogens with one attached hydrogen (secondary N) is 1. The van der Waals surface area contributed by atoms with Crippen molar-refractivity contribution >= 4 is 21.6 Å². The van der Waals surface area contributed by atoms with Gasteiger partial charge in [0, 0.05) is 27.7 Å². The molecular weight excluding hydrogens is 362 g/mol. The summed E-state index contributed by atoms with van der Waals surface area (Å²) in [6.07, 6.45) is 1.12. The van der Waals surface area contributed by atoms with Crippen LogP contribution in [0.2, 0.25) is 0 Å². The van der Waals surface area contributed by atoms with Crippen LogP contribution in [0.4, 0.5) is 5.69 Å². The van der Waals surface area contributed by atoms with Crippen LogP contribution in [0.5, 0.6) is 0 Å². The summed E-state index contributed by atoms with van der Waals surface area (Å²) < 4.78 is 7.36. The maximum absolute atomic E-state index is 6.25. The van der Waals surface area contributed by atoms with Gasteiger partial charge in [-0.05, 0) is 42.7 Å². The molecule has 1 aliphatic heterocycles. The van der Waals surface area contributed by atoms with E-state index < -0.39 is 0 Å². The second-order valence-electron chi connectivity index (χ2n) is 7.06. The van der Waals surface area contributed by atoms with Gasteiger partial charge < -0.3 is 10.1 Å². The van der Waals surface area contributed by atoms with Gasteiger partial charge in [0.1, 0.15) is 0 Å². The van der Waals surface area contributed by atoms with Crippen LogP contribution in [0.3, 0.4) is 0 Å². The summed E-state index contributed by atoms with van der Waals surface area (Å²) in [5, 5.41) is 3.77. The highest BCUT2D eigenvalue weighted by Crippen LogP contribution is 2.53. The monoisotopic (exact) mass is 387 g/mol. The third-order valence-corrected chi connectivity index (χ3v) is 5.53. The largest absolute Gasteiger partial charge is 0.377 e. The lowest BCUT2D eigenvalue weighted by Crippen LogP contribution is -2.40. The fourth-order valence-electron chi connectivity index (χ4n) is 3.74. The lowest BCUT2D eigenvalue weighted by Gasteiger charge is -2.47. The molecule has 1 N–H and O–H groups in total. The van der Waals surface area contributed by atoms with Crippen molar-refractivity contribution in [1.82, 2.24) is 0 Å². The molecule has 0 aromatic heterocycles. The molecule has 0 spiro atoms. The van der Waals surface area contributed by atoms with Crippen LogP contribution in [0, 0.1) is 5.41 Å². The van der Waals surface area contributed by atoms with Gasteiger partial charge in [0.25, 0.3) is 0 Å². The van der Waals surface area contributed by atoms with Crippen molar-refractivity contribution in [2.24, 2.45) is 5.41 Å². The van der Waals surface area contributed by atoms with Gasteiger partial charge in [-0.3, -0.25) is 0 Å². The fraction of sp³-hybridized carbons (Fsp3) is 0.429. The first-order valence-corrected chi connectivity index (χ1v) is 9.53. The van der Waals surface area contributed by atoms with E-state index in [0.717, 1.165) is 17.5 Å². The predicted octanol–water partition coefficient (Wildman–Crippen LogP) is 6.28. The molecule has 128 valence electrons. The smallest absolute Gasteiger partial charge is 0.0918 e. The fourth-order valence-corrected chi connectivity index (χ4v) is 4.16. The highest BCUT2D eigenvalue weighted by atomic mass is 79.9. The van der Waals surface area contributed by atoms with Crippen molar-refractivity contribution in [3.8, 4) is 0 Å². The van der Waals surface area contributed by atoms with Crippen LogP contribution in [-0.2, 0) is 11.2 Å². The Labute approximate surface area is 153 Å². The normalized spacial score (nSPS) is 21.9. The van der Waals surface area contributed by atoms with E-state index in [0.29, 0.717) is 0 Å². The van der Waals surface area contributed by atoms with Crippen molar-refractivity contribution in [1.29, 1.82) is 0 Å². The molecule has 1 heterocycles. The first-order chi connectivity index (χ1) is 11.5. The molecule has 3 heteroatoms. The van der Waals surface area contributed by atoms with Gasteiger partial charge in [0.15, 0.2) is 0 Å². The van der Waals surface area contributed by atoms with Gasteiger partial charge >= 0.3 is 0 Å². The molecule has 2 nitrogen and oxygen atoms in total. The molecule has 0 unspecified atom stereocenters. The minimum Gasteiger partial charge on any atom is -0.377 e. The van der Waals surface area contributed by atoms with Crippen LogP contribution < -0.4 is 5.32 Å². The van der Waals surface area contributed by atoms with Crippen LogP contribution in [-0.4, -0.2) is 6.61 Å². The molecule has 0 saturated heterocycles. The number of rotatable bonds is 4. The molecule has 0 saturated carbocycles. The lowest BCUT2D eigenvalue weighted by atomic mass is 9.70. The second kappa shape index (κ2) is 6.89. The number of ether oxygens (including phenoxy) is 1. The van der Waals surface area contributed by atoms with Gasteiger partial charge in [0.2, 0.25) is 0 Å². The lowest BCUT2D eigenvalue weighted by molar-refractivity contribution is -0.0354. The number of hydrogen-bond acceptors (Lipinski definition) is 2. The average Bonchev–Trinajstić information content (AvgIpc) is 2.56. The maximum atomic E-state index is 6.25. The summed E-state index contributed by atoms with van der Waals surface area (Å²) >= 11 is 3.60. The van der Waals surface area contributed by atoms with E-state index in [-0.39, 0.29) is 17.6 Å². The Balaban J connectivity index is 2.10. The van der Waals surface area contributed by atoms with E-state index in [9.17, 15) is 0 Å². The van der Waals surface area contributed by atoms with Gasteiger partial charge in [-0.2, -0.15) is 0 Å². The number of aryl methyl sites for hydroxylation is 1. The first-order valence-electron chi connectivity index (χ1n) is 8.73. The summed E-state index contributed by atoms with van der Waals surface area (Å²) in [6.45, 7) is 9.59. The molecule has 2 atom stereocenters. The van der Waals surface area contributed by atoms with Gasteiger partial charge in [-0.25, -0.2) is 0 Å². The highest BCUT2D eigenvalue weighted by molar-refractivity contribution is 9.10. The zero-order chi connectivity index (χ0) is 17.3. The third kappa shape index (κ3) is 3.12. The minimum absolute atomic E-state index is 0.0594.